The maximum atomic E-state index is 13.7. The maximum Gasteiger partial charge on any atom is 0.223 e. The molecule has 2 N–H and O–H groups in total. The fourth-order valence-electron chi connectivity index (χ4n) is 6.66. The van der Waals surface area contributed by atoms with Crippen LogP contribution in [-0.4, -0.2) is 35.0 Å². The van der Waals surface area contributed by atoms with Crippen LogP contribution >= 0.6 is 0 Å². The number of nitrogens with two attached hydrogens (primary N) is 1. The Morgan fingerprint density at radius 3 is 2.50 bits per heavy atom. The van der Waals surface area contributed by atoms with E-state index in [0.717, 1.165) is 51.4 Å². The molecule has 1 aliphatic carbocycles. The molecule has 4 heteroatoms. The quantitative estimate of drug-likeness (QED) is 0.389. The summed E-state index contributed by atoms with van der Waals surface area (Å²) >= 11 is 0. The fourth-order valence-corrected chi connectivity index (χ4v) is 6.66. The lowest BCUT2D eigenvalue weighted by Gasteiger charge is -2.33. The molecule has 1 saturated carbocycles. The lowest BCUT2D eigenvalue weighted by Crippen LogP contribution is -2.39. The highest BCUT2D eigenvalue weighted by atomic mass is 16.2. The molecule has 2 fully saturated rings. The van der Waals surface area contributed by atoms with Gasteiger partial charge in [-0.1, -0.05) is 67.3 Å². The Morgan fingerprint density at radius 1 is 0.972 bits per heavy atom. The van der Waals surface area contributed by atoms with E-state index < -0.39 is 0 Å². The summed E-state index contributed by atoms with van der Waals surface area (Å²) in [6.07, 6.45) is 12.9. The molecule has 0 radical (unpaired) electrons. The number of benzene rings is 2. The van der Waals surface area contributed by atoms with Crippen LogP contribution in [0.5, 0.6) is 0 Å². The molecule has 1 atom stereocenters. The van der Waals surface area contributed by atoms with Crippen molar-refractivity contribution in [3.63, 3.8) is 0 Å². The van der Waals surface area contributed by atoms with Gasteiger partial charge in [0.05, 0.1) is 0 Å². The van der Waals surface area contributed by atoms with Gasteiger partial charge in [-0.3, -0.25) is 4.79 Å². The van der Waals surface area contributed by atoms with Crippen molar-refractivity contribution in [1.82, 2.24) is 9.47 Å². The first kappa shape index (κ1) is 25.1. The SMILES string of the molecule is Cc1cccc(C(CC(=O)N2CCC(CCN)CC2)c2cn(CC3CCCCC3)c3ccccc23)c1. The van der Waals surface area contributed by atoms with Crippen molar-refractivity contribution in [2.75, 3.05) is 19.6 Å². The smallest absolute Gasteiger partial charge is 0.223 e. The lowest BCUT2D eigenvalue weighted by atomic mass is 9.86. The Morgan fingerprint density at radius 2 is 1.75 bits per heavy atom. The number of aryl methyl sites for hydroxylation is 1. The number of rotatable bonds is 8. The number of para-hydroxylation sites is 1. The maximum absolute atomic E-state index is 13.7. The number of aromatic nitrogens is 1. The predicted molar refractivity (Wildman–Crippen MR) is 149 cm³/mol. The Hall–Kier alpha value is -2.59. The van der Waals surface area contributed by atoms with Crippen LogP contribution in [0.2, 0.25) is 0 Å². The highest BCUT2D eigenvalue weighted by Crippen LogP contribution is 2.37. The number of nitrogens with zero attached hydrogens (tertiary/aromatic N) is 2. The Labute approximate surface area is 216 Å². The molecule has 0 bridgehead atoms. The molecule has 1 aromatic heterocycles. The van der Waals surface area contributed by atoms with Gasteiger partial charge in [-0.15, -0.1) is 0 Å². The molecule has 2 aromatic carbocycles. The van der Waals surface area contributed by atoms with Gasteiger partial charge in [0, 0.05) is 49.1 Å². The van der Waals surface area contributed by atoms with E-state index in [2.05, 4.69) is 71.1 Å². The molecule has 1 aliphatic heterocycles. The second kappa shape index (κ2) is 11.6. The number of carbonyl (C=O) groups is 1. The molecule has 1 saturated heterocycles. The van der Waals surface area contributed by atoms with Crippen molar-refractivity contribution < 1.29 is 4.79 Å². The highest BCUT2D eigenvalue weighted by molar-refractivity contribution is 5.86. The minimum Gasteiger partial charge on any atom is -0.347 e. The molecule has 36 heavy (non-hydrogen) atoms. The second-order valence-corrected chi connectivity index (χ2v) is 11.3. The van der Waals surface area contributed by atoms with Crippen LogP contribution < -0.4 is 5.73 Å². The Balaban J connectivity index is 1.45. The molecule has 1 amide bonds. The van der Waals surface area contributed by atoms with Crippen molar-refractivity contribution in [3.05, 3.63) is 71.4 Å². The summed E-state index contributed by atoms with van der Waals surface area (Å²) in [5.74, 6) is 1.79. The van der Waals surface area contributed by atoms with Crippen LogP contribution in [0.3, 0.4) is 0 Å². The van der Waals surface area contributed by atoms with Crippen LogP contribution in [0.4, 0.5) is 0 Å². The summed E-state index contributed by atoms with van der Waals surface area (Å²) in [7, 11) is 0. The van der Waals surface area contributed by atoms with Crippen LogP contribution in [0.1, 0.15) is 80.4 Å². The topological polar surface area (TPSA) is 51.3 Å². The molecule has 1 unspecified atom stereocenters. The van der Waals surface area contributed by atoms with Crippen LogP contribution in [0.15, 0.2) is 54.7 Å². The number of fused-ring (bicyclic) bond motifs is 1. The first-order valence-corrected chi connectivity index (χ1v) is 14.2. The van der Waals surface area contributed by atoms with Gasteiger partial charge in [-0.2, -0.15) is 0 Å². The molecule has 4 nitrogen and oxygen atoms in total. The van der Waals surface area contributed by atoms with Gasteiger partial charge < -0.3 is 15.2 Å². The number of piperidine rings is 1. The molecule has 192 valence electrons. The molecule has 2 aliphatic rings. The average Bonchev–Trinajstić information content (AvgIpc) is 3.26. The monoisotopic (exact) mass is 485 g/mol. The summed E-state index contributed by atoms with van der Waals surface area (Å²) in [6, 6.07) is 17.6. The van der Waals surface area contributed by atoms with Crippen molar-refractivity contribution in [2.45, 2.75) is 77.2 Å². The van der Waals surface area contributed by atoms with Crippen LogP contribution in [0.25, 0.3) is 10.9 Å². The van der Waals surface area contributed by atoms with E-state index in [1.807, 2.05) is 0 Å². The van der Waals surface area contributed by atoms with Gasteiger partial charge in [0.15, 0.2) is 0 Å². The van der Waals surface area contributed by atoms with Crippen molar-refractivity contribution in [1.29, 1.82) is 0 Å². The standard InChI is InChI=1S/C32H43N3O/c1-24-8-7-11-27(20-24)29(21-32(36)34-18-15-25(14-17-33)16-19-34)30-23-35(22-26-9-3-2-4-10-26)31-13-6-5-12-28(30)31/h5-8,11-13,20,23,25-26,29H,2-4,9-10,14-19,21-22,33H2,1H3. The molecular formula is C32H43N3O. The molecular weight excluding hydrogens is 442 g/mol. The average molecular weight is 486 g/mol. The summed E-state index contributed by atoms with van der Waals surface area (Å²) in [5.41, 5.74) is 10.9. The number of amides is 1. The first-order valence-electron chi connectivity index (χ1n) is 14.2. The summed E-state index contributed by atoms with van der Waals surface area (Å²) < 4.78 is 2.49. The van der Waals surface area contributed by atoms with E-state index in [9.17, 15) is 4.79 Å². The number of likely N-dealkylation sites (tertiary alicyclic amines) is 1. The van der Waals surface area contributed by atoms with E-state index >= 15 is 0 Å². The van der Waals surface area contributed by atoms with E-state index in [0.29, 0.717) is 12.3 Å². The summed E-state index contributed by atoms with van der Waals surface area (Å²) in [4.78, 5) is 15.8. The third-order valence-electron chi connectivity index (χ3n) is 8.74. The normalized spacial score (nSPS) is 18.6. The number of hydrogen-bond acceptors (Lipinski definition) is 2. The fraction of sp³-hybridized carbons (Fsp3) is 0.531. The lowest BCUT2D eigenvalue weighted by molar-refractivity contribution is -0.132. The third-order valence-corrected chi connectivity index (χ3v) is 8.74. The van der Waals surface area contributed by atoms with E-state index in [4.69, 9.17) is 5.73 Å². The Kier molecular flexibility index (Phi) is 8.11. The summed E-state index contributed by atoms with van der Waals surface area (Å²) in [6.45, 7) is 5.72. The van der Waals surface area contributed by atoms with Gasteiger partial charge in [-0.05, 0) is 74.6 Å². The van der Waals surface area contributed by atoms with Crippen molar-refractivity contribution >= 4 is 16.8 Å². The van der Waals surface area contributed by atoms with E-state index in [1.165, 1.54) is 59.7 Å². The van der Waals surface area contributed by atoms with Crippen LogP contribution in [0, 0.1) is 18.8 Å². The van der Waals surface area contributed by atoms with E-state index in [1.54, 1.807) is 0 Å². The zero-order chi connectivity index (χ0) is 24.9. The van der Waals surface area contributed by atoms with Gasteiger partial charge in [-0.25, -0.2) is 0 Å². The van der Waals surface area contributed by atoms with Crippen molar-refractivity contribution in [3.8, 4) is 0 Å². The largest absolute Gasteiger partial charge is 0.347 e. The van der Waals surface area contributed by atoms with Crippen molar-refractivity contribution in [2.24, 2.45) is 17.6 Å². The number of carbonyl (C=O) groups excluding carboxylic acids is 1. The van der Waals surface area contributed by atoms with Gasteiger partial charge in [0.2, 0.25) is 5.91 Å². The zero-order valence-electron chi connectivity index (χ0n) is 22.0. The predicted octanol–water partition coefficient (Wildman–Crippen LogP) is 6.64. The zero-order valence-corrected chi connectivity index (χ0v) is 22.0. The highest BCUT2D eigenvalue weighted by Gasteiger charge is 2.28. The van der Waals surface area contributed by atoms with E-state index in [-0.39, 0.29) is 11.8 Å². The van der Waals surface area contributed by atoms with Crippen LogP contribution in [-0.2, 0) is 11.3 Å². The molecule has 0 spiro atoms. The minimum atomic E-state index is 0.0664. The van der Waals surface area contributed by atoms with Gasteiger partial charge >= 0.3 is 0 Å². The van der Waals surface area contributed by atoms with Gasteiger partial charge in [0.1, 0.15) is 0 Å². The Bertz CT molecular complexity index is 1150. The second-order valence-electron chi connectivity index (χ2n) is 11.3. The third kappa shape index (κ3) is 5.70. The summed E-state index contributed by atoms with van der Waals surface area (Å²) in [5, 5.41) is 1.30. The first-order chi connectivity index (χ1) is 17.6. The molecule has 3 aromatic rings. The minimum absolute atomic E-state index is 0.0664. The van der Waals surface area contributed by atoms with Gasteiger partial charge in [0.25, 0.3) is 0 Å². The molecule has 5 rings (SSSR count). The number of hydrogen-bond donors (Lipinski definition) is 1. The molecule has 2 heterocycles.